The number of piperidine rings is 1. The normalized spacial score (nSPS) is 15.6. The maximum atomic E-state index is 14.1. The van der Waals surface area contributed by atoms with Crippen LogP contribution in [0, 0.1) is 18.8 Å². The van der Waals surface area contributed by atoms with Crippen molar-refractivity contribution >= 4 is 34.0 Å². The zero-order chi connectivity index (χ0) is 30.6. The summed E-state index contributed by atoms with van der Waals surface area (Å²) in [6.07, 6.45) is 9.00. The topological polar surface area (TPSA) is 81.1 Å². The molecule has 0 amide bonds. The highest BCUT2D eigenvalue weighted by Gasteiger charge is 2.22. The number of aromatic nitrogens is 3. The molecule has 5 aromatic rings. The van der Waals surface area contributed by atoms with E-state index in [0.29, 0.717) is 29.6 Å². The van der Waals surface area contributed by atoms with Crippen LogP contribution in [0.4, 0.5) is 11.6 Å². The summed E-state index contributed by atoms with van der Waals surface area (Å²) in [5.74, 6) is 8.19. The number of thiophene rings is 1. The van der Waals surface area contributed by atoms with E-state index in [1.165, 1.54) is 41.7 Å². The summed E-state index contributed by atoms with van der Waals surface area (Å²) in [6, 6.07) is 19.9. The Morgan fingerprint density at radius 2 is 1.78 bits per heavy atom. The number of hydrogen-bond acceptors (Lipinski definition) is 7. The van der Waals surface area contributed by atoms with E-state index in [-0.39, 0.29) is 11.7 Å². The largest absolute Gasteiger partial charge is 0.490 e. The number of benzene rings is 2. The molecular formula is C37H37N5O2S. The Hall–Kier alpha value is -4.45. The van der Waals surface area contributed by atoms with Gasteiger partial charge < -0.3 is 15.4 Å². The molecule has 2 aromatic carbocycles. The fraction of sp³-hybridized carbons (Fsp3) is 0.324. The van der Waals surface area contributed by atoms with Crippen LogP contribution in [-0.2, 0) is 6.54 Å². The number of hydrogen-bond donors (Lipinski definition) is 2. The van der Waals surface area contributed by atoms with E-state index in [1.54, 1.807) is 22.1 Å². The van der Waals surface area contributed by atoms with Crippen LogP contribution in [-0.4, -0.2) is 33.7 Å². The second-order valence-corrected chi connectivity index (χ2v) is 13.0. The average molecular weight is 616 g/mol. The molecule has 4 heterocycles. The maximum absolute atomic E-state index is 14.1. The van der Waals surface area contributed by atoms with Gasteiger partial charge in [0.25, 0.3) is 5.56 Å². The number of fused-ring (bicyclic) bond motifs is 1. The van der Waals surface area contributed by atoms with Gasteiger partial charge >= 0.3 is 0 Å². The van der Waals surface area contributed by atoms with Crippen molar-refractivity contribution in [3.63, 3.8) is 0 Å². The van der Waals surface area contributed by atoms with Crippen LogP contribution >= 0.6 is 11.3 Å². The molecule has 8 heteroatoms. The number of rotatable bonds is 7. The highest BCUT2D eigenvalue weighted by molar-refractivity contribution is 7.10. The molecule has 1 saturated heterocycles. The lowest BCUT2D eigenvalue weighted by Crippen LogP contribution is -2.34. The lowest BCUT2D eigenvalue weighted by molar-refractivity contribution is 0.162. The van der Waals surface area contributed by atoms with Crippen molar-refractivity contribution in [1.29, 1.82) is 0 Å². The van der Waals surface area contributed by atoms with Gasteiger partial charge in [-0.2, -0.15) is 4.98 Å². The van der Waals surface area contributed by atoms with Gasteiger partial charge in [-0.15, -0.1) is 11.3 Å². The standard InChI is InChI=1S/C37H37N5O2S/c1-25-6-8-26(9-7-25)10-11-28-22-30-23-39-37(40-31-12-14-32(15-13-31)44-33-16-19-38-20-17-33)41-35(30)42(36(28)43)24-29-18-21-45-34(29)27-4-2-3-5-27/h6-9,12-15,18,21-23,27,33,38H,2-5,16-17,19-20,24H2,1H3,(H,39,40,41). The quantitative estimate of drug-likeness (QED) is 0.190. The molecule has 0 radical (unpaired) electrons. The second kappa shape index (κ2) is 13.3. The third-order valence-electron chi connectivity index (χ3n) is 8.75. The summed E-state index contributed by atoms with van der Waals surface area (Å²) in [7, 11) is 0. The van der Waals surface area contributed by atoms with Crippen LogP contribution in [0.3, 0.4) is 0 Å². The highest BCUT2D eigenvalue weighted by atomic mass is 32.1. The monoisotopic (exact) mass is 615 g/mol. The van der Waals surface area contributed by atoms with E-state index in [1.807, 2.05) is 61.5 Å². The second-order valence-electron chi connectivity index (χ2n) is 12.0. The minimum absolute atomic E-state index is 0.144. The van der Waals surface area contributed by atoms with Gasteiger partial charge in [0.15, 0.2) is 0 Å². The third kappa shape index (κ3) is 6.80. The van der Waals surface area contributed by atoms with Crippen LogP contribution < -0.4 is 20.9 Å². The van der Waals surface area contributed by atoms with E-state index in [9.17, 15) is 4.79 Å². The van der Waals surface area contributed by atoms with Crippen LogP contribution in [0.15, 0.2) is 77.0 Å². The SMILES string of the molecule is Cc1ccc(C#Cc2cc3cnc(Nc4ccc(OC5CCNCC5)cc4)nc3n(Cc3ccsc3C3CCCC3)c2=O)cc1. The van der Waals surface area contributed by atoms with Crippen molar-refractivity contribution in [2.24, 2.45) is 0 Å². The molecule has 0 bridgehead atoms. The van der Waals surface area contributed by atoms with Gasteiger partial charge in [0.05, 0.1) is 12.1 Å². The molecule has 0 unspecified atom stereocenters. The molecule has 45 heavy (non-hydrogen) atoms. The van der Waals surface area contributed by atoms with E-state index in [4.69, 9.17) is 9.72 Å². The zero-order valence-corrected chi connectivity index (χ0v) is 26.3. The number of nitrogens with one attached hydrogen (secondary N) is 2. The number of ether oxygens (including phenoxy) is 1. The van der Waals surface area contributed by atoms with E-state index >= 15 is 0 Å². The first kappa shape index (κ1) is 29.3. The molecule has 2 aliphatic rings. The van der Waals surface area contributed by atoms with Gasteiger partial charge in [-0.1, -0.05) is 42.4 Å². The molecule has 2 N–H and O–H groups in total. The lowest BCUT2D eigenvalue weighted by Gasteiger charge is -2.23. The molecule has 1 aliphatic carbocycles. The van der Waals surface area contributed by atoms with Crippen LogP contribution in [0.5, 0.6) is 5.75 Å². The Balaban J connectivity index is 1.21. The Bertz CT molecular complexity index is 1910. The van der Waals surface area contributed by atoms with Gasteiger partial charge in [0, 0.05) is 27.7 Å². The molecule has 7 rings (SSSR count). The van der Waals surface area contributed by atoms with Crippen molar-refractivity contribution < 1.29 is 4.74 Å². The van der Waals surface area contributed by atoms with Crippen LogP contribution in [0.1, 0.15) is 71.6 Å². The summed E-state index contributed by atoms with van der Waals surface area (Å²) in [5, 5.41) is 9.62. The van der Waals surface area contributed by atoms with E-state index < -0.39 is 0 Å². The minimum atomic E-state index is -0.144. The Morgan fingerprint density at radius 3 is 2.56 bits per heavy atom. The third-order valence-corrected chi connectivity index (χ3v) is 9.88. The first-order chi connectivity index (χ1) is 22.1. The Kier molecular flexibility index (Phi) is 8.63. The van der Waals surface area contributed by atoms with Crippen molar-refractivity contribution in [2.75, 3.05) is 18.4 Å². The van der Waals surface area contributed by atoms with Crippen molar-refractivity contribution in [2.45, 2.75) is 64.0 Å². The predicted octanol–water partition coefficient (Wildman–Crippen LogP) is 7.14. The fourth-order valence-electron chi connectivity index (χ4n) is 6.28. The van der Waals surface area contributed by atoms with Gasteiger partial charge in [0.2, 0.25) is 5.95 Å². The van der Waals surface area contributed by atoms with Gasteiger partial charge in [0.1, 0.15) is 17.5 Å². The summed E-state index contributed by atoms with van der Waals surface area (Å²) in [6.45, 7) is 4.48. The van der Waals surface area contributed by atoms with Crippen molar-refractivity contribution in [3.8, 4) is 17.6 Å². The minimum Gasteiger partial charge on any atom is -0.490 e. The summed E-state index contributed by atoms with van der Waals surface area (Å²) in [5.41, 5.74) is 4.97. The van der Waals surface area contributed by atoms with E-state index in [2.05, 4.69) is 38.9 Å². The number of aryl methyl sites for hydroxylation is 1. The molecule has 2 fully saturated rings. The fourth-order valence-corrected chi connectivity index (χ4v) is 7.37. The molecule has 1 saturated carbocycles. The summed E-state index contributed by atoms with van der Waals surface area (Å²) < 4.78 is 7.94. The van der Waals surface area contributed by atoms with Gasteiger partial charge in [-0.3, -0.25) is 9.36 Å². The average Bonchev–Trinajstić information content (AvgIpc) is 3.77. The molecule has 1 aliphatic heterocycles. The molecular weight excluding hydrogens is 579 g/mol. The lowest BCUT2D eigenvalue weighted by atomic mass is 10.0. The number of pyridine rings is 1. The zero-order valence-electron chi connectivity index (χ0n) is 25.5. The smallest absolute Gasteiger partial charge is 0.268 e. The first-order valence-corrected chi connectivity index (χ1v) is 16.8. The number of anilines is 2. The highest BCUT2D eigenvalue weighted by Crippen LogP contribution is 2.39. The van der Waals surface area contributed by atoms with Gasteiger partial charge in [-0.05, 0) is 111 Å². The predicted molar refractivity (Wildman–Crippen MR) is 182 cm³/mol. The van der Waals surface area contributed by atoms with Gasteiger partial charge in [-0.25, -0.2) is 4.98 Å². The molecule has 0 spiro atoms. The molecule has 3 aromatic heterocycles. The van der Waals surface area contributed by atoms with Crippen molar-refractivity contribution in [3.05, 3.63) is 110 Å². The first-order valence-electron chi connectivity index (χ1n) is 15.9. The molecule has 0 atom stereocenters. The van der Waals surface area contributed by atoms with Crippen LogP contribution in [0.2, 0.25) is 0 Å². The van der Waals surface area contributed by atoms with Crippen LogP contribution in [0.25, 0.3) is 11.0 Å². The molecule has 7 nitrogen and oxygen atoms in total. The van der Waals surface area contributed by atoms with Crippen molar-refractivity contribution in [1.82, 2.24) is 19.9 Å². The summed E-state index contributed by atoms with van der Waals surface area (Å²) in [4.78, 5) is 24.9. The Morgan fingerprint density at radius 1 is 1.00 bits per heavy atom. The molecule has 228 valence electrons. The maximum Gasteiger partial charge on any atom is 0.268 e. The Labute approximate surface area is 267 Å². The number of nitrogens with zero attached hydrogens (tertiary/aromatic N) is 3. The van der Waals surface area contributed by atoms with E-state index in [0.717, 1.165) is 48.3 Å². The summed E-state index contributed by atoms with van der Waals surface area (Å²) >= 11 is 1.81.